The Labute approximate surface area is 254 Å². The standard InChI is InChI=1S/C32H24F4N8O/c1-19-8-13-26(37-16-19)41-31-42-28(27-29(43-31)44(18-39-27)25-7-3-6-23(33)15-25)40-24-11-9-21(10-12-24)30(45)38-17-20-4-2-5-22(14-20)32(34,35)36/h2-16,18H,17H2,1H3,(H,38,45)(H2,37,40,41,42,43). The van der Waals surface area contributed by atoms with Crippen LogP contribution in [0.15, 0.2) is 97.5 Å². The van der Waals surface area contributed by atoms with Crippen molar-refractivity contribution in [2.75, 3.05) is 10.6 Å². The zero-order valence-corrected chi connectivity index (χ0v) is 23.6. The van der Waals surface area contributed by atoms with Crippen molar-refractivity contribution in [3.05, 3.63) is 126 Å². The highest BCUT2D eigenvalue weighted by Gasteiger charge is 2.30. The fourth-order valence-corrected chi connectivity index (χ4v) is 4.50. The van der Waals surface area contributed by atoms with E-state index in [2.05, 4.69) is 35.9 Å². The van der Waals surface area contributed by atoms with Crippen LogP contribution in [0.3, 0.4) is 0 Å². The fraction of sp³-hybridized carbons (Fsp3) is 0.0938. The van der Waals surface area contributed by atoms with E-state index in [0.717, 1.165) is 17.7 Å². The Morgan fingerprint density at radius 2 is 1.69 bits per heavy atom. The maximum Gasteiger partial charge on any atom is 0.416 e. The molecule has 0 saturated heterocycles. The number of hydrogen-bond donors (Lipinski definition) is 3. The Hall–Kier alpha value is -5.85. The SMILES string of the molecule is Cc1ccc(Nc2nc(Nc3ccc(C(=O)NCc4cccc(C(F)(F)F)c4)cc3)c3ncn(-c4cccc(F)c4)c3n2)nc1. The van der Waals surface area contributed by atoms with Gasteiger partial charge in [-0.1, -0.05) is 24.3 Å². The summed E-state index contributed by atoms with van der Waals surface area (Å²) in [6, 6.07) is 21.0. The molecular weight excluding hydrogens is 588 g/mol. The fourth-order valence-electron chi connectivity index (χ4n) is 4.50. The lowest BCUT2D eigenvalue weighted by Gasteiger charge is -2.12. The van der Waals surface area contributed by atoms with Crippen molar-refractivity contribution in [3.63, 3.8) is 0 Å². The van der Waals surface area contributed by atoms with Crippen LogP contribution in [-0.4, -0.2) is 30.4 Å². The second-order valence-corrected chi connectivity index (χ2v) is 10.1. The average Bonchev–Trinajstić information content (AvgIpc) is 3.45. The second kappa shape index (κ2) is 12.0. The molecule has 0 spiro atoms. The molecule has 9 nitrogen and oxygen atoms in total. The molecule has 0 bridgehead atoms. The molecule has 0 aliphatic carbocycles. The number of nitrogens with zero attached hydrogens (tertiary/aromatic N) is 5. The monoisotopic (exact) mass is 612 g/mol. The van der Waals surface area contributed by atoms with Gasteiger partial charge in [0.2, 0.25) is 5.95 Å². The first-order chi connectivity index (χ1) is 21.6. The van der Waals surface area contributed by atoms with Crippen LogP contribution in [0.2, 0.25) is 0 Å². The van der Waals surface area contributed by atoms with E-state index in [1.807, 2.05) is 13.0 Å². The van der Waals surface area contributed by atoms with Gasteiger partial charge in [-0.25, -0.2) is 14.4 Å². The van der Waals surface area contributed by atoms with Gasteiger partial charge in [-0.15, -0.1) is 0 Å². The summed E-state index contributed by atoms with van der Waals surface area (Å²) >= 11 is 0. The predicted molar refractivity (Wildman–Crippen MR) is 161 cm³/mol. The highest BCUT2D eigenvalue weighted by molar-refractivity contribution is 5.95. The van der Waals surface area contributed by atoms with Crippen molar-refractivity contribution in [2.24, 2.45) is 0 Å². The van der Waals surface area contributed by atoms with E-state index < -0.39 is 23.5 Å². The third-order valence-corrected chi connectivity index (χ3v) is 6.75. The van der Waals surface area contributed by atoms with Crippen molar-refractivity contribution in [1.82, 2.24) is 29.8 Å². The molecule has 0 unspecified atom stereocenters. The summed E-state index contributed by atoms with van der Waals surface area (Å²) in [5, 5.41) is 8.93. The summed E-state index contributed by atoms with van der Waals surface area (Å²) < 4.78 is 54.7. The molecule has 0 atom stereocenters. The highest BCUT2D eigenvalue weighted by Crippen LogP contribution is 2.30. The lowest BCUT2D eigenvalue weighted by molar-refractivity contribution is -0.137. The van der Waals surface area contributed by atoms with E-state index in [9.17, 15) is 22.4 Å². The number of alkyl halides is 3. The Morgan fingerprint density at radius 3 is 2.42 bits per heavy atom. The molecule has 3 aromatic carbocycles. The van der Waals surface area contributed by atoms with Crippen molar-refractivity contribution < 1.29 is 22.4 Å². The molecule has 13 heteroatoms. The summed E-state index contributed by atoms with van der Waals surface area (Å²) in [6.07, 6.45) is -1.25. The summed E-state index contributed by atoms with van der Waals surface area (Å²) in [5.74, 6) is 0.206. The van der Waals surface area contributed by atoms with Gasteiger partial charge in [0.15, 0.2) is 17.0 Å². The Balaban J connectivity index is 1.24. The molecule has 45 heavy (non-hydrogen) atoms. The Bertz CT molecular complexity index is 1990. The van der Waals surface area contributed by atoms with E-state index in [1.54, 1.807) is 53.2 Å². The van der Waals surface area contributed by atoms with Crippen LogP contribution < -0.4 is 16.0 Å². The second-order valence-electron chi connectivity index (χ2n) is 10.1. The number of hydrogen-bond acceptors (Lipinski definition) is 7. The zero-order valence-electron chi connectivity index (χ0n) is 23.6. The number of aryl methyl sites for hydroxylation is 1. The summed E-state index contributed by atoms with van der Waals surface area (Å²) in [4.78, 5) is 30.8. The van der Waals surface area contributed by atoms with Crippen LogP contribution in [0.5, 0.6) is 0 Å². The molecule has 6 aromatic rings. The lowest BCUT2D eigenvalue weighted by atomic mass is 10.1. The number of fused-ring (bicyclic) bond motifs is 1. The van der Waals surface area contributed by atoms with Gasteiger partial charge in [0.1, 0.15) is 18.0 Å². The lowest BCUT2D eigenvalue weighted by Crippen LogP contribution is -2.23. The third kappa shape index (κ3) is 6.72. The smallest absolute Gasteiger partial charge is 0.348 e. The Kier molecular flexibility index (Phi) is 7.82. The van der Waals surface area contributed by atoms with Gasteiger partial charge in [0.25, 0.3) is 5.91 Å². The molecule has 0 aliphatic rings. The van der Waals surface area contributed by atoms with E-state index in [0.29, 0.717) is 45.3 Å². The van der Waals surface area contributed by atoms with Crippen LogP contribution >= 0.6 is 0 Å². The normalized spacial score (nSPS) is 11.4. The van der Waals surface area contributed by atoms with Crippen LogP contribution in [0.1, 0.15) is 27.0 Å². The molecule has 0 aliphatic heterocycles. The minimum Gasteiger partial charge on any atom is -0.348 e. The van der Waals surface area contributed by atoms with Gasteiger partial charge in [-0.2, -0.15) is 23.1 Å². The van der Waals surface area contributed by atoms with Crippen LogP contribution in [-0.2, 0) is 12.7 Å². The quantitative estimate of drug-likeness (QED) is 0.157. The van der Waals surface area contributed by atoms with E-state index in [1.165, 1.54) is 30.6 Å². The molecular formula is C32H24F4N8O. The van der Waals surface area contributed by atoms with Crippen molar-refractivity contribution in [3.8, 4) is 5.69 Å². The van der Waals surface area contributed by atoms with Crippen molar-refractivity contribution >= 4 is 40.3 Å². The van der Waals surface area contributed by atoms with Crippen LogP contribution in [0.25, 0.3) is 16.9 Å². The van der Waals surface area contributed by atoms with Gasteiger partial charge in [-0.05, 0) is 78.7 Å². The number of halogens is 4. The Morgan fingerprint density at radius 1 is 0.889 bits per heavy atom. The van der Waals surface area contributed by atoms with Crippen molar-refractivity contribution in [1.29, 1.82) is 0 Å². The van der Waals surface area contributed by atoms with Gasteiger partial charge < -0.3 is 16.0 Å². The molecule has 0 radical (unpaired) electrons. The highest BCUT2D eigenvalue weighted by atomic mass is 19.4. The number of anilines is 4. The molecule has 0 fully saturated rings. The van der Waals surface area contributed by atoms with E-state index in [4.69, 9.17) is 0 Å². The maximum absolute atomic E-state index is 14.0. The van der Waals surface area contributed by atoms with Crippen LogP contribution in [0.4, 0.5) is 40.8 Å². The number of carbonyl (C=O) groups is 1. The topological polar surface area (TPSA) is 110 Å². The third-order valence-electron chi connectivity index (χ3n) is 6.75. The average molecular weight is 613 g/mol. The van der Waals surface area contributed by atoms with E-state index in [-0.39, 0.29) is 12.5 Å². The minimum absolute atomic E-state index is 0.0682. The number of pyridine rings is 1. The molecule has 3 N–H and O–H groups in total. The molecule has 6 rings (SSSR count). The van der Waals surface area contributed by atoms with Crippen molar-refractivity contribution in [2.45, 2.75) is 19.6 Å². The van der Waals surface area contributed by atoms with Crippen LogP contribution in [0, 0.1) is 12.7 Å². The van der Waals surface area contributed by atoms with Gasteiger partial charge >= 0.3 is 6.18 Å². The number of benzene rings is 3. The first kappa shape index (κ1) is 29.2. The zero-order chi connectivity index (χ0) is 31.6. The number of nitrogens with one attached hydrogen (secondary N) is 3. The first-order valence-corrected chi connectivity index (χ1v) is 13.6. The van der Waals surface area contributed by atoms with Gasteiger partial charge in [0.05, 0.1) is 11.3 Å². The van der Waals surface area contributed by atoms with Gasteiger partial charge in [0, 0.05) is 24.0 Å². The number of carbonyl (C=O) groups excluding carboxylic acids is 1. The van der Waals surface area contributed by atoms with Gasteiger partial charge in [-0.3, -0.25) is 9.36 Å². The molecule has 3 aromatic heterocycles. The summed E-state index contributed by atoms with van der Waals surface area (Å²) in [7, 11) is 0. The molecule has 1 amide bonds. The number of aromatic nitrogens is 5. The molecule has 0 saturated carbocycles. The number of rotatable bonds is 8. The molecule has 3 heterocycles. The predicted octanol–water partition coefficient (Wildman–Crippen LogP) is 7.09. The molecule has 226 valence electrons. The summed E-state index contributed by atoms with van der Waals surface area (Å²) in [6.45, 7) is 1.85. The number of imidazole rings is 1. The van der Waals surface area contributed by atoms with E-state index >= 15 is 0 Å². The number of amides is 1. The summed E-state index contributed by atoms with van der Waals surface area (Å²) in [5.41, 5.74) is 2.74. The minimum atomic E-state index is -4.47. The largest absolute Gasteiger partial charge is 0.416 e. The first-order valence-electron chi connectivity index (χ1n) is 13.6. The maximum atomic E-state index is 14.0.